The van der Waals surface area contributed by atoms with Crippen molar-refractivity contribution in [3.8, 4) is 0 Å². The number of carbonyl (C=O) groups is 2. The number of hydrogen-bond donors (Lipinski definition) is 0. The molecule has 0 N–H and O–H groups in total. The molecule has 0 aliphatic carbocycles. The van der Waals surface area contributed by atoms with Crippen LogP contribution in [0.3, 0.4) is 0 Å². The van der Waals surface area contributed by atoms with Gasteiger partial charge in [-0.15, -0.1) is 0 Å². The molecule has 0 radical (unpaired) electrons. The Hall–Kier alpha value is -1.10. The highest BCUT2D eigenvalue weighted by atomic mass is 28.2. The molecular formula is C8H14O4Si. The molecule has 0 saturated carbocycles. The van der Waals surface area contributed by atoms with Crippen molar-refractivity contribution >= 4 is 21.7 Å². The highest BCUT2D eigenvalue weighted by Crippen LogP contribution is 1.97. The van der Waals surface area contributed by atoms with E-state index in [4.69, 9.17) is 4.43 Å². The standard InChI is InChI=1S/C8H14O4Si/c1-6(2)13-12-8(10)5-4-7(9)11-3/h4-6H,13H2,1-3H3/b5-4-. The Morgan fingerprint density at radius 1 is 1.23 bits per heavy atom. The van der Waals surface area contributed by atoms with Crippen LogP contribution in [0.4, 0.5) is 0 Å². The third-order valence-electron chi connectivity index (χ3n) is 1.12. The van der Waals surface area contributed by atoms with E-state index in [2.05, 4.69) is 4.74 Å². The second kappa shape index (κ2) is 6.42. The molecule has 0 fully saturated rings. The van der Waals surface area contributed by atoms with Gasteiger partial charge in [-0.3, -0.25) is 0 Å². The number of methoxy groups -OCH3 is 1. The first-order valence-electron chi connectivity index (χ1n) is 3.99. The van der Waals surface area contributed by atoms with E-state index < -0.39 is 21.7 Å². The lowest BCUT2D eigenvalue weighted by atomic mass is 10.5. The van der Waals surface area contributed by atoms with Gasteiger partial charge in [-0.2, -0.15) is 0 Å². The zero-order valence-corrected chi connectivity index (χ0v) is 9.49. The monoisotopic (exact) mass is 202 g/mol. The molecule has 0 unspecified atom stereocenters. The number of ether oxygens (including phenoxy) is 1. The average Bonchev–Trinajstić information content (AvgIpc) is 2.10. The Kier molecular flexibility index (Phi) is 5.87. The Bertz CT molecular complexity index is 210. The van der Waals surface area contributed by atoms with Crippen molar-refractivity contribution in [3.05, 3.63) is 12.2 Å². The Labute approximate surface area is 79.9 Å². The summed E-state index contributed by atoms with van der Waals surface area (Å²) in [5, 5.41) is 0. The molecule has 74 valence electrons. The van der Waals surface area contributed by atoms with Gasteiger partial charge in [0.05, 0.1) is 7.11 Å². The fourth-order valence-corrected chi connectivity index (χ4v) is 1.09. The molecule has 0 saturated heterocycles. The van der Waals surface area contributed by atoms with Gasteiger partial charge in [-0.1, -0.05) is 13.8 Å². The minimum atomic E-state index is -0.805. The number of rotatable bonds is 4. The average molecular weight is 202 g/mol. The van der Waals surface area contributed by atoms with Crippen LogP contribution in [-0.4, -0.2) is 28.8 Å². The maximum atomic E-state index is 10.9. The molecule has 0 rings (SSSR count). The van der Waals surface area contributed by atoms with Crippen LogP contribution in [0.15, 0.2) is 12.2 Å². The summed E-state index contributed by atoms with van der Waals surface area (Å²) < 4.78 is 9.21. The molecule has 0 aromatic rings. The fraction of sp³-hybridized carbons (Fsp3) is 0.500. The van der Waals surface area contributed by atoms with E-state index in [1.807, 2.05) is 13.8 Å². The molecule has 0 aliphatic rings. The molecule has 0 aromatic heterocycles. The van der Waals surface area contributed by atoms with Crippen LogP contribution < -0.4 is 0 Å². The van der Waals surface area contributed by atoms with Crippen LogP contribution in [0.1, 0.15) is 13.8 Å². The van der Waals surface area contributed by atoms with Gasteiger partial charge in [0.2, 0.25) is 9.76 Å². The van der Waals surface area contributed by atoms with Gasteiger partial charge >= 0.3 is 11.9 Å². The van der Waals surface area contributed by atoms with E-state index in [0.717, 1.165) is 12.2 Å². The van der Waals surface area contributed by atoms with Gasteiger partial charge in [0.25, 0.3) is 0 Å². The summed E-state index contributed by atoms with van der Waals surface area (Å²) in [5.41, 5.74) is 0.426. The summed E-state index contributed by atoms with van der Waals surface area (Å²) in [4.78, 5) is 21.4. The van der Waals surface area contributed by atoms with E-state index in [-0.39, 0.29) is 0 Å². The zero-order valence-electron chi connectivity index (χ0n) is 8.07. The number of esters is 1. The largest absolute Gasteiger partial charge is 0.522 e. The predicted octanol–water partition coefficient (Wildman–Crippen LogP) is 0.171. The zero-order chi connectivity index (χ0) is 10.3. The van der Waals surface area contributed by atoms with Crippen LogP contribution in [0.2, 0.25) is 5.54 Å². The second-order valence-electron chi connectivity index (χ2n) is 2.88. The summed E-state index contributed by atoms with van der Waals surface area (Å²) >= 11 is 0. The molecule has 0 spiro atoms. The van der Waals surface area contributed by atoms with Crippen molar-refractivity contribution in [2.24, 2.45) is 0 Å². The molecule has 0 heterocycles. The Balaban J connectivity index is 3.74. The predicted molar refractivity (Wildman–Crippen MR) is 50.9 cm³/mol. The van der Waals surface area contributed by atoms with Crippen LogP contribution in [0, 0.1) is 0 Å². The maximum Gasteiger partial charge on any atom is 0.330 e. The van der Waals surface area contributed by atoms with Crippen molar-refractivity contribution in [1.29, 1.82) is 0 Å². The van der Waals surface area contributed by atoms with Gasteiger partial charge in [0.15, 0.2) is 0 Å². The van der Waals surface area contributed by atoms with Gasteiger partial charge in [-0.05, 0) is 5.54 Å². The van der Waals surface area contributed by atoms with Crippen LogP contribution in [0.5, 0.6) is 0 Å². The summed E-state index contributed by atoms with van der Waals surface area (Å²) in [6.45, 7) is 3.98. The number of hydrogen-bond acceptors (Lipinski definition) is 4. The van der Waals surface area contributed by atoms with E-state index in [0.29, 0.717) is 5.54 Å². The van der Waals surface area contributed by atoms with Crippen molar-refractivity contribution in [1.82, 2.24) is 0 Å². The highest BCUT2D eigenvalue weighted by molar-refractivity contribution is 6.32. The van der Waals surface area contributed by atoms with E-state index in [9.17, 15) is 9.59 Å². The maximum absolute atomic E-state index is 10.9. The molecular weight excluding hydrogens is 188 g/mol. The van der Waals surface area contributed by atoms with E-state index in [1.165, 1.54) is 7.11 Å². The van der Waals surface area contributed by atoms with Crippen molar-refractivity contribution in [3.63, 3.8) is 0 Å². The highest BCUT2D eigenvalue weighted by Gasteiger charge is 2.01. The minimum absolute atomic E-state index is 0.426. The first-order chi connectivity index (χ1) is 6.06. The first-order valence-corrected chi connectivity index (χ1v) is 5.38. The van der Waals surface area contributed by atoms with Gasteiger partial charge < -0.3 is 9.16 Å². The second-order valence-corrected chi connectivity index (χ2v) is 5.14. The van der Waals surface area contributed by atoms with Gasteiger partial charge in [0.1, 0.15) is 0 Å². The van der Waals surface area contributed by atoms with E-state index >= 15 is 0 Å². The minimum Gasteiger partial charge on any atom is -0.522 e. The summed E-state index contributed by atoms with van der Waals surface area (Å²) in [7, 11) is 0.445. The van der Waals surface area contributed by atoms with Gasteiger partial charge in [-0.25, -0.2) is 9.59 Å². The van der Waals surface area contributed by atoms with Gasteiger partial charge in [0, 0.05) is 12.2 Å². The van der Waals surface area contributed by atoms with E-state index in [1.54, 1.807) is 0 Å². The molecule has 0 bridgehead atoms. The third-order valence-corrected chi connectivity index (χ3v) is 2.23. The van der Waals surface area contributed by atoms with Crippen LogP contribution >= 0.6 is 0 Å². The van der Waals surface area contributed by atoms with Crippen molar-refractivity contribution < 1.29 is 18.8 Å². The third kappa shape index (κ3) is 7.26. The smallest absolute Gasteiger partial charge is 0.330 e. The molecule has 0 aliphatic heterocycles. The quantitative estimate of drug-likeness (QED) is 0.370. The lowest BCUT2D eigenvalue weighted by molar-refractivity contribution is -0.135. The van der Waals surface area contributed by atoms with Crippen molar-refractivity contribution in [2.45, 2.75) is 19.4 Å². The SMILES string of the molecule is COC(=O)/C=C\C(=O)O[SiH2]C(C)C. The van der Waals surface area contributed by atoms with Crippen molar-refractivity contribution in [2.75, 3.05) is 7.11 Å². The number of carbonyl (C=O) groups excluding carboxylic acids is 2. The molecule has 0 aromatic carbocycles. The topological polar surface area (TPSA) is 52.6 Å². The fourth-order valence-electron chi connectivity index (χ4n) is 0.501. The Morgan fingerprint density at radius 2 is 1.77 bits per heavy atom. The summed E-state index contributed by atoms with van der Waals surface area (Å²) in [6, 6.07) is 0. The lowest BCUT2D eigenvalue weighted by Crippen LogP contribution is -2.09. The molecule has 5 heteroatoms. The Morgan fingerprint density at radius 3 is 2.23 bits per heavy atom. The lowest BCUT2D eigenvalue weighted by Gasteiger charge is -2.02. The molecule has 4 nitrogen and oxygen atoms in total. The summed E-state index contributed by atoms with van der Waals surface area (Å²) in [6.07, 6.45) is 2.14. The van der Waals surface area contributed by atoms with Crippen LogP contribution in [-0.2, 0) is 18.8 Å². The summed E-state index contributed by atoms with van der Waals surface area (Å²) in [5.74, 6) is -1.02. The first kappa shape index (κ1) is 11.9. The molecule has 0 atom stereocenters. The molecule has 13 heavy (non-hydrogen) atoms. The normalized spacial score (nSPS) is 11.4. The van der Waals surface area contributed by atoms with Crippen LogP contribution in [0.25, 0.3) is 0 Å². The molecule has 0 amide bonds.